The number of nitrogens with two attached hydrogens (primary N) is 1. The van der Waals surface area contributed by atoms with Crippen molar-refractivity contribution in [2.24, 2.45) is 5.73 Å². The van der Waals surface area contributed by atoms with E-state index in [1.54, 1.807) is 6.07 Å². The van der Waals surface area contributed by atoms with Crippen LogP contribution in [0.4, 0.5) is 5.69 Å². The number of ether oxygens (including phenoxy) is 1. The Bertz CT molecular complexity index is 671. The summed E-state index contributed by atoms with van der Waals surface area (Å²) in [6.45, 7) is 0. The molecule has 2 aromatic rings. The number of carbonyl (C=O) groups is 1. The summed E-state index contributed by atoms with van der Waals surface area (Å²) in [6.07, 6.45) is 0. The van der Waals surface area contributed by atoms with E-state index in [-0.39, 0.29) is 11.4 Å². The van der Waals surface area contributed by atoms with E-state index in [2.05, 4.69) is 15.9 Å². The third kappa shape index (κ3) is 3.12. The van der Waals surface area contributed by atoms with E-state index in [9.17, 15) is 14.9 Å². The third-order valence-corrected chi connectivity index (χ3v) is 2.98. The van der Waals surface area contributed by atoms with Gasteiger partial charge in [0, 0.05) is 16.1 Å². The molecule has 0 heterocycles. The number of nitro benzene ring substituents is 1. The van der Waals surface area contributed by atoms with Crippen molar-refractivity contribution in [2.75, 3.05) is 0 Å². The summed E-state index contributed by atoms with van der Waals surface area (Å²) in [6, 6.07) is 10.5. The van der Waals surface area contributed by atoms with Gasteiger partial charge in [0.05, 0.1) is 4.92 Å². The highest BCUT2D eigenvalue weighted by Crippen LogP contribution is 2.33. The van der Waals surface area contributed by atoms with Crippen molar-refractivity contribution in [1.82, 2.24) is 0 Å². The van der Waals surface area contributed by atoms with Gasteiger partial charge < -0.3 is 10.5 Å². The molecule has 0 bridgehead atoms. The van der Waals surface area contributed by atoms with Gasteiger partial charge in [-0.2, -0.15) is 0 Å². The molecule has 0 fully saturated rings. The normalized spacial score (nSPS) is 10.1. The van der Waals surface area contributed by atoms with Crippen LogP contribution in [0.25, 0.3) is 0 Å². The first-order valence-corrected chi connectivity index (χ1v) is 6.28. The molecule has 0 radical (unpaired) electrons. The number of amides is 1. The number of nitrogens with zero attached hydrogens (tertiary/aromatic N) is 1. The molecule has 0 aliphatic carbocycles. The van der Waals surface area contributed by atoms with Gasteiger partial charge in [-0.1, -0.05) is 15.9 Å². The van der Waals surface area contributed by atoms with Crippen molar-refractivity contribution in [3.05, 3.63) is 62.6 Å². The first kappa shape index (κ1) is 14.0. The van der Waals surface area contributed by atoms with E-state index in [4.69, 9.17) is 10.5 Å². The van der Waals surface area contributed by atoms with Crippen molar-refractivity contribution in [1.29, 1.82) is 0 Å². The lowest BCUT2D eigenvalue weighted by atomic mass is 10.2. The van der Waals surface area contributed by atoms with Crippen molar-refractivity contribution in [3.8, 4) is 11.5 Å². The van der Waals surface area contributed by atoms with E-state index >= 15 is 0 Å². The number of carbonyl (C=O) groups excluding carboxylic acids is 1. The molecule has 0 saturated heterocycles. The molecule has 2 rings (SSSR count). The fraction of sp³-hybridized carbons (Fsp3) is 0. The maximum atomic E-state index is 11.0. The fourth-order valence-electron chi connectivity index (χ4n) is 1.53. The van der Waals surface area contributed by atoms with Gasteiger partial charge in [-0.25, -0.2) is 0 Å². The standard InChI is InChI=1S/C13H9BrN2O4/c14-9-3-6-12(11(7-9)16(18)19)20-10-4-1-8(2-5-10)13(15)17/h1-7H,(H2,15,17). The van der Waals surface area contributed by atoms with Gasteiger partial charge >= 0.3 is 5.69 Å². The van der Waals surface area contributed by atoms with Gasteiger partial charge in [-0.3, -0.25) is 14.9 Å². The van der Waals surface area contributed by atoms with Gasteiger partial charge in [-0.05, 0) is 36.4 Å². The van der Waals surface area contributed by atoms with Crippen molar-refractivity contribution >= 4 is 27.5 Å². The van der Waals surface area contributed by atoms with Crippen LogP contribution < -0.4 is 10.5 Å². The highest BCUT2D eigenvalue weighted by Gasteiger charge is 2.16. The number of halogens is 1. The van der Waals surface area contributed by atoms with Crippen LogP contribution in [0.3, 0.4) is 0 Å². The predicted molar refractivity (Wildman–Crippen MR) is 75.8 cm³/mol. The average Bonchev–Trinajstić information content (AvgIpc) is 2.41. The molecule has 6 nitrogen and oxygen atoms in total. The van der Waals surface area contributed by atoms with Gasteiger partial charge in [0.15, 0.2) is 0 Å². The number of nitro groups is 1. The third-order valence-electron chi connectivity index (χ3n) is 2.48. The van der Waals surface area contributed by atoms with E-state index in [1.165, 1.54) is 36.4 Å². The molecule has 20 heavy (non-hydrogen) atoms. The van der Waals surface area contributed by atoms with Crippen LogP contribution in [0, 0.1) is 10.1 Å². The molecule has 7 heteroatoms. The Labute approximate surface area is 122 Å². The Balaban J connectivity index is 2.30. The predicted octanol–water partition coefficient (Wildman–Crippen LogP) is 3.25. The Morgan fingerprint density at radius 1 is 1.20 bits per heavy atom. The monoisotopic (exact) mass is 336 g/mol. The molecular formula is C13H9BrN2O4. The summed E-state index contributed by atoms with van der Waals surface area (Å²) < 4.78 is 6.03. The SMILES string of the molecule is NC(=O)c1ccc(Oc2ccc(Br)cc2[N+](=O)[O-])cc1. The molecule has 0 atom stereocenters. The molecule has 102 valence electrons. The van der Waals surface area contributed by atoms with Gasteiger partial charge in [0.25, 0.3) is 0 Å². The molecule has 0 aliphatic heterocycles. The summed E-state index contributed by atoms with van der Waals surface area (Å²) in [5.74, 6) is -0.0587. The Kier molecular flexibility index (Phi) is 3.99. The summed E-state index contributed by atoms with van der Waals surface area (Å²) in [7, 11) is 0. The molecule has 1 amide bonds. The van der Waals surface area contributed by atoms with E-state index < -0.39 is 10.8 Å². The largest absolute Gasteiger partial charge is 0.450 e. The molecule has 0 aromatic heterocycles. The second kappa shape index (κ2) is 5.70. The minimum absolute atomic E-state index is 0.116. The van der Waals surface area contributed by atoms with Crippen LogP contribution in [0.1, 0.15) is 10.4 Å². The first-order valence-electron chi connectivity index (χ1n) is 5.49. The average molecular weight is 337 g/mol. The van der Waals surface area contributed by atoms with Crippen molar-refractivity contribution in [3.63, 3.8) is 0 Å². The van der Waals surface area contributed by atoms with Crippen LogP contribution in [0.5, 0.6) is 11.5 Å². The molecule has 0 unspecified atom stereocenters. The lowest BCUT2D eigenvalue weighted by Gasteiger charge is -2.07. The zero-order chi connectivity index (χ0) is 14.7. The number of rotatable bonds is 4. The maximum absolute atomic E-state index is 11.0. The van der Waals surface area contributed by atoms with Gasteiger partial charge in [0.1, 0.15) is 5.75 Å². The highest BCUT2D eigenvalue weighted by molar-refractivity contribution is 9.10. The summed E-state index contributed by atoms with van der Waals surface area (Å²) in [5, 5.41) is 11.0. The quantitative estimate of drug-likeness (QED) is 0.684. The summed E-state index contributed by atoms with van der Waals surface area (Å²) in [4.78, 5) is 21.4. The van der Waals surface area contributed by atoms with E-state index in [0.29, 0.717) is 15.8 Å². The van der Waals surface area contributed by atoms with Crippen LogP contribution in [-0.2, 0) is 0 Å². The number of benzene rings is 2. The summed E-state index contributed by atoms with van der Waals surface area (Å²) >= 11 is 3.16. The Hall–Kier alpha value is -2.41. The number of hydrogen-bond acceptors (Lipinski definition) is 4. The minimum atomic E-state index is -0.550. The molecule has 0 aliphatic rings. The Morgan fingerprint density at radius 2 is 1.85 bits per heavy atom. The minimum Gasteiger partial charge on any atom is -0.450 e. The van der Waals surface area contributed by atoms with Crippen molar-refractivity contribution in [2.45, 2.75) is 0 Å². The van der Waals surface area contributed by atoms with Gasteiger partial charge in [0.2, 0.25) is 11.7 Å². The van der Waals surface area contributed by atoms with Crippen LogP contribution in [0.2, 0.25) is 0 Å². The molecular weight excluding hydrogens is 328 g/mol. The smallest absolute Gasteiger partial charge is 0.312 e. The zero-order valence-corrected chi connectivity index (χ0v) is 11.7. The van der Waals surface area contributed by atoms with Gasteiger partial charge in [-0.15, -0.1) is 0 Å². The van der Waals surface area contributed by atoms with E-state index in [1.807, 2.05) is 0 Å². The van der Waals surface area contributed by atoms with Crippen LogP contribution in [0.15, 0.2) is 46.9 Å². The molecule has 0 saturated carbocycles. The Morgan fingerprint density at radius 3 is 2.40 bits per heavy atom. The number of primary amides is 1. The summed E-state index contributed by atoms with van der Waals surface area (Å²) in [5.41, 5.74) is 5.30. The molecule has 0 spiro atoms. The second-order valence-corrected chi connectivity index (χ2v) is 4.78. The highest BCUT2D eigenvalue weighted by atomic mass is 79.9. The molecule has 2 aromatic carbocycles. The topological polar surface area (TPSA) is 95.5 Å². The zero-order valence-electron chi connectivity index (χ0n) is 10.1. The van der Waals surface area contributed by atoms with E-state index in [0.717, 1.165) is 0 Å². The van der Waals surface area contributed by atoms with Crippen molar-refractivity contribution < 1.29 is 14.5 Å². The lowest BCUT2D eigenvalue weighted by molar-refractivity contribution is -0.385. The first-order chi connectivity index (χ1) is 9.47. The molecule has 2 N–H and O–H groups in total. The van der Waals surface area contributed by atoms with Crippen LogP contribution in [-0.4, -0.2) is 10.8 Å². The fourth-order valence-corrected chi connectivity index (χ4v) is 1.88. The lowest BCUT2D eigenvalue weighted by Crippen LogP contribution is -2.10. The maximum Gasteiger partial charge on any atom is 0.312 e. The number of hydrogen-bond donors (Lipinski definition) is 1. The van der Waals surface area contributed by atoms with Crippen LogP contribution >= 0.6 is 15.9 Å². The second-order valence-electron chi connectivity index (χ2n) is 3.86.